The molecule has 1 unspecified atom stereocenters. The van der Waals surface area contributed by atoms with Crippen molar-refractivity contribution in [3.8, 4) is 11.8 Å². The Kier molecular flexibility index (Phi) is 6.03. The van der Waals surface area contributed by atoms with Crippen LogP contribution in [0.1, 0.15) is 21.9 Å². The third-order valence-electron chi connectivity index (χ3n) is 5.11. The molecule has 0 amide bonds. The Hall–Kier alpha value is -3.21. The highest BCUT2D eigenvalue weighted by molar-refractivity contribution is 7.99. The van der Waals surface area contributed by atoms with Gasteiger partial charge in [0.2, 0.25) is 0 Å². The summed E-state index contributed by atoms with van der Waals surface area (Å²) in [5.74, 6) is -1.02. The minimum absolute atomic E-state index is 0.0429. The van der Waals surface area contributed by atoms with Gasteiger partial charge in [-0.3, -0.25) is 14.2 Å². The van der Waals surface area contributed by atoms with Crippen molar-refractivity contribution in [2.24, 2.45) is 0 Å². The van der Waals surface area contributed by atoms with Gasteiger partial charge < -0.3 is 0 Å². The van der Waals surface area contributed by atoms with Crippen LogP contribution in [0.2, 0.25) is 0 Å². The van der Waals surface area contributed by atoms with Crippen molar-refractivity contribution in [3.05, 3.63) is 87.0 Å². The van der Waals surface area contributed by atoms with Gasteiger partial charge >= 0.3 is 0 Å². The van der Waals surface area contributed by atoms with E-state index >= 15 is 0 Å². The van der Waals surface area contributed by atoms with Crippen molar-refractivity contribution < 1.29 is 4.79 Å². The molecule has 4 rings (SSSR count). The number of hydrogen-bond acceptors (Lipinski definition) is 6. The lowest BCUT2D eigenvalue weighted by atomic mass is 9.97. The molecule has 2 heterocycles. The Morgan fingerprint density at radius 3 is 2.42 bits per heavy atom. The normalized spacial score (nSPS) is 11.9. The predicted molar refractivity (Wildman–Crippen MR) is 125 cm³/mol. The number of nitrogens with zero attached hydrogens (tertiary/aromatic N) is 3. The van der Waals surface area contributed by atoms with Gasteiger partial charge in [-0.2, -0.15) is 5.26 Å². The Balaban J connectivity index is 1.74. The predicted octanol–water partition coefficient (Wildman–Crippen LogP) is 5.03. The van der Waals surface area contributed by atoms with E-state index in [4.69, 9.17) is 4.98 Å². The van der Waals surface area contributed by atoms with Gasteiger partial charge in [0.1, 0.15) is 10.7 Å². The van der Waals surface area contributed by atoms with Gasteiger partial charge in [0, 0.05) is 4.88 Å². The highest BCUT2D eigenvalue weighted by Crippen LogP contribution is 2.30. The fourth-order valence-electron chi connectivity index (χ4n) is 3.37. The second kappa shape index (κ2) is 8.88. The molecule has 2 aromatic heterocycles. The molecule has 2 aromatic carbocycles. The lowest BCUT2D eigenvalue weighted by Crippen LogP contribution is -2.22. The molecule has 1 atom stereocenters. The van der Waals surface area contributed by atoms with Gasteiger partial charge in [-0.15, -0.1) is 11.3 Å². The summed E-state index contributed by atoms with van der Waals surface area (Å²) < 4.78 is 1.56. The van der Waals surface area contributed by atoms with Gasteiger partial charge in [-0.25, -0.2) is 4.98 Å². The van der Waals surface area contributed by atoms with Crippen LogP contribution in [0.15, 0.2) is 70.6 Å². The van der Waals surface area contributed by atoms with E-state index in [1.54, 1.807) is 16.7 Å². The van der Waals surface area contributed by atoms with Crippen LogP contribution in [0.25, 0.3) is 15.9 Å². The zero-order valence-corrected chi connectivity index (χ0v) is 18.7. The molecule has 0 aliphatic heterocycles. The molecule has 0 aliphatic carbocycles. The maximum atomic E-state index is 13.4. The van der Waals surface area contributed by atoms with Crippen molar-refractivity contribution in [2.75, 3.05) is 5.75 Å². The molecule has 0 radical (unpaired) electrons. The van der Waals surface area contributed by atoms with Crippen LogP contribution in [0.5, 0.6) is 0 Å². The number of fused-ring (bicyclic) bond motifs is 1. The van der Waals surface area contributed by atoms with Crippen molar-refractivity contribution in [1.29, 1.82) is 5.26 Å². The average molecular weight is 446 g/mol. The lowest BCUT2D eigenvalue weighted by molar-refractivity contribution is -0.116. The van der Waals surface area contributed by atoms with Crippen LogP contribution in [0, 0.1) is 25.2 Å². The number of thioether (sulfide) groups is 1. The molecular formula is C24H19N3O2S2. The molecule has 154 valence electrons. The summed E-state index contributed by atoms with van der Waals surface area (Å²) in [6, 6.07) is 20.4. The second-order valence-corrected chi connectivity index (χ2v) is 9.21. The summed E-state index contributed by atoms with van der Waals surface area (Å²) in [7, 11) is 0. The number of aryl methyl sites for hydroxylation is 2. The third kappa shape index (κ3) is 4.05. The number of hydrogen-bond donors (Lipinski definition) is 0. The molecule has 0 N–H and O–H groups in total. The van der Waals surface area contributed by atoms with E-state index < -0.39 is 5.92 Å². The first-order valence-corrected chi connectivity index (χ1v) is 11.5. The molecule has 5 nitrogen and oxygen atoms in total. The molecule has 0 saturated carbocycles. The molecule has 4 aromatic rings. The summed E-state index contributed by atoms with van der Waals surface area (Å²) >= 11 is 2.67. The van der Waals surface area contributed by atoms with Crippen LogP contribution < -0.4 is 5.56 Å². The number of Topliss-reactive ketones (excluding diaryl/α,β-unsaturated/α-hetero) is 1. The number of aromatic nitrogens is 2. The number of ketones is 1. The van der Waals surface area contributed by atoms with Crippen LogP contribution in [0.4, 0.5) is 0 Å². The van der Waals surface area contributed by atoms with Gasteiger partial charge in [0.05, 0.1) is 22.9 Å². The van der Waals surface area contributed by atoms with Crippen molar-refractivity contribution in [2.45, 2.75) is 24.9 Å². The SMILES string of the molecule is Cc1sc2nc(SCC(=O)C(C#N)c3ccccc3)n(-c3ccccc3)c(=O)c2c1C. The molecule has 31 heavy (non-hydrogen) atoms. The van der Waals surface area contributed by atoms with E-state index in [0.29, 0.717) is 26.6 Å². The maximum Gasteiger partial charge on any atom is 0.267 e. The lowest BCUT2D eigenvalue weighted by Gasteiger charge is -2.13. The number of nitriles is 1. The Morgan fingerprint density at radius 1 is 1.13 bits per heavy atom. The zero-order valence-electron chi connectivity index (χ0n) is 17.0. The molecule has 0 fully saturated rings. The second-order valence-electron chi connectivity index (χ2n) is 7.06. The highest BCUT2D eigenvalue weighted by atomic mass is 32.2. The number of carbonyl (C=O) groups is 1. The zero-order chi connectivity index (χ0) is 22.0. The molecule has 0 aliphatic rings. The van der Waals surface area contributed by atoms with Crippen LogP contribution in [-0.2, 0) is 4.79 Å². The minimum atomic E-state index is -0.847. The summed E-state index contributed by atoms with van der Waals surface area (Å²) in [5, 5.41) is 10.6. The highest BCUT2D eigenvalue weighted by Gasteiger charge is 2.23. The van der Waals surface area contributed by atoms with Gasteiger partial charge in [0.25, 0.3) is 5.56 Å². The molecule has 0 bridgehead atoms. The van der Waals surface area contributed by atoms with Crippen molar-refractivity contribution in [3.63, 3.8) is 0 Å². The van der Waals surface area contributed by atoms with Gasteiger partial charge in [-0.1, -0.05) is 60.3 Å². The molecule has 0 spiro atoms. The number of thiophene rings is 1. The monoisotopic (exact) mass is 445 g/mol. The van der Waals surface area contributed by atoms with E-state index in [0.717, 1.165) is 10.4 Å². The number of carbonyl (C=O) groups excluding carboxylic acids is 1. The standard InChI is InChI=1S/C24H19N3O2S2/c1-15-16(2)31-22-21(15)23(29)27(18-11-7-4-8-12-18)24(26-22)30-14-20(28)19(13-25)17-9-5-3-6-10-17/h3-12,19H,14H2,1-2H3. The van der Waals surface area contributed by atoms with E-state index in [9.17, 15) is 14.9 Å². The summed E-state index contributed by atoms with van der Waals surface area (Å²) in [5.41, 5.74) is 2.15. The molecule has 0 saturated heterocycles. The topological polar surface area (TPSA) is 75.8 Å². The average Bonchev–Trinajstić information content (AvgIpc) is 3.07. The third-order valence-corrected chi connectivity index (χ3v) is 7.18. The van der Waals surface area contributed by atoms with Crippen molar-refractivity contribution in [1.82, 2.24) is 9.55 Å². The number of benzene rings is 2. The van der Waals surface area contributed by atoms with Gasteiger partial charge in [-0.05, 0) is 37.1 Å². The summed E-state index contributed by atoms with van der Waals surface area (Å²) in [4.78, 5) is 32.7. The number of para-hydroxylation sites is 1. The first-order chi connectivity index (χ1) is 15.0. The number of rotatable bonds is 6. The fourth-order valence-corrected chi connectivity index (χ4v) is 5.36. The molecule has 7 heteroatoms. The van der Waals surface area contributed by atoms with Crippen LogP contribution in [0.3, 0.4) is 0 Å². The first kappa shape index (κ1) is 21.0. The summed E-state index contributed by atoms with van der Waals surface area (Å²) in [6.07, 6.45) is 0. The maximum absolute atomic E-state index is 13.4. The Morgan fingerprint density at radius 2 is 1.77 bits per heavy atom. The van der Waals surface area contributed by atoms with Gasteiger partial charge in [0.15, 0.2) is 10.9 Å². The smallest absolute Gasteiger partial charge is 0.267 e. The van der Waals surface area contributed by atoms with E-state index in [1.807, 2.05) is 62.4 Å². The summed E-state index contributed by atoms with van der Waals surface area (Å²) in [6.45, 7) is 3.90. The van der Waals surface area contributed by atoms with E-state index in [2.05, 4.69) is 6.07 Å². The van der Waals surface area contributed by atoms with E-state index in [-0.39, 0.29) is 17.1 Å². The Bertz CT molecular complexity index is 1350. The van der Waals surface area contributed by atoms with E-state index in [1.165, 1.54) is 23.1 Å². The van der Waals surface area contributed by atoms with Crippen LogP contribution >= 0.6 is 23.1 Å². The quantitative estimate of drug-likeness (QED) is 0.307. The largest absolute Gasteiger partial charge is 0.297 e. The molecular weight excluding hydrogens is 426 g/mol. The Labute approximate surface area is 188 Å². The van der Waals surface area contributed by atoms with Crippen LogP contribution in [-0.4, -0.2) is 21.1 Å². The van der Waals surface area contributed by atoms with Crippen molar-refractivity contribution >= 4 is 39.1 Å². The minimum Gasteiger partial charge on any atom is -0.297 e. The first-order valence-electron chi connectivity index (χ1n) is 9.69. The fraction of sp³-hybridized carbons (Fsp3) is 0.167.